The number of amides is 1. The predicted octanol–water partition coefficient (Wildman–Crippen LogP) is 1.85. The smallest absolute Gasteiger partial charge is 0.223 e. The Balaban J connectivity index is 2.65. The van der Waals surface area contributed by atoms with E-state index in [0.717, 1.165) is 16.8 Å². The Hall–Kier alpha value is -2.25. The standard InChI is InChI=1S/C18H24N2O2/c1-14(13-21)19-15(2)17-10-7-9-16(12-17)8-5-6-11-18(22)20(3)4/h7,9-10,12,14,19,21H,2,6,11,13H2,1,3-4H3. The van der Waals surface area contributed by atoms with Crippen LogP contribution in [0.15, 0.2) is 30.8 Å². The monoisotopic (exact) mass is 300 g/mol. The van der Waals surface area contributed by atoms with E-state index in [1.54, 1.807) is 19.0 Å². The minimum absolute atomic E-state index is 0.0423. The number of nitrogens with one attached hydrogen (secondary N) is 1. The van der Waals surface area contributed by atoms with Crippen molar-refractivity contribution in [2.24, 2.45) is 0 Å². The zero-order valence-corrected chi connectivity index (χ0v) is 13.5. The summed E-state index contributed by atoms with van der Waals surface area (Å²) in [4.78, 5) is 13.0. The summed E-state index contributed by atoms with van der Waals surface area (Å²) in [5.74, 6) is 6.16. The molecule has 0 aliphatic rings. The van der Waals surface area contributed by atoms with Crippen molar-refractivity contribution in [2.75, 3.05) is 20.7 Å². The van der Waals surface area contributed by atoms with Crippen molar-refractivity contribution in [3.05, 3.63) is 42.0 Å². The third-order valence-corrected chi connectivity index (χ3v) is 3.10. The fourth-order valence-corrected chi connectivity index (χ4v) is 1.77. The molecule has 118 valence electrons. The second kappa shape index (κ2) is 8.91. The molecule has 0 bridgehead atoms. The van der Waals surface area contributed by atoms with E-state index in [1.165, 1.54) is 0 Å². The Morgan fingerprint density at radius 3 is 2.82 bits per heavy atom. The van der Waals surface area contributed by atoms with Gasteiger partial charge in [-0.1, -0.05) is 30.6 Å². The van der Waals surface area contributed by atoms with Gasteiger partial charge in [-0.2, -0.15) is 0 Å². The van der Waals surface area contributed by atoms with Gasteiger partial charge in [0.05, 0.1) is 6.61 Å². The first-order valence-electron chi connectivity index (χ1n) is 7.29. The number of aliphatic hydroxyl groups excluding tert-OH is 1. The summed E-state index contributed by atoms with van der Waals surface area (Å²) in [6.07, 6.45) is 0.976. The molecular formula is C18H24N2O2. The fraction of sp³-hybridized carbons (Fsp3) is 0.389. The molecule has 2 N–H and O–H groups in total. The molecule has 4 heteroatoms. The van der Waals surface area contributed by atoms with Gasteiger partial charge in [0.2, 0.25) is 5.91 Å². The van der Waals surface area contributed by atoms with Crippen LogP contribution in [0.5, 0.6) is 0 Å². The van der Waals surface area contributed by atoms with Crippen molar-refractivity contribution in [1.29, 1.82) is 0 Å². The van der Waals surface area contributed by atoms with Gasteiger partial charge < -0.3 is 15.3 Å². The van der Waals surface area contributed by atoms with Gasteiger partial charge in [0.15, 0.2) is 0 Å². The molecule has 0 aliphatic carbocycles. The highest BCUT2D eigenvalue weighted by Crippen LogP contribution is 2.12. The summed E-state index contributed by atoms with van der Waals surface area (Å²) in [6.45, 7) is 5.91. The van der Waals surface area contributed by atoms with Crippen LogP contribution in [0.25, 0.3) is 5.70 Å². The van der Waals surface area contributed by atoms with E-state index in [0.29, 0.717) is 12.8 Å². The number of hydrogen-bond acceptors (Lipinski definition) is 3. The van der Waals surface area contributed by atoms with Gasteiger partial charge in [0.1, 0.15) is 0 Å². The van der Waals surface area contributed by atoms with Crippen LogP contribution in [0.4, 0.5) is 0 Å². The third kappa shape index (κ3) is 6.02. The molecule has 0 fully saturated rings. The molecule has 1 atom stereocenters. The molecule has 0 aromatic heterocycles. The predicted molar refractivity (Wildman–Crippen MR) is 90.0 cm³/mol. The van der Waals surface area contributed by atoms with Crippen LogP contribution in [-0.2, 0) is 4.79 Å². The first-order chi connectivity index (χ1) is 10.4. The molecule has 1 amide bonds. The second-order valence-corrected chi connectivity index (χ2v) is 5.38. The molecule has 1 aromatic carbocycles. The summed E-state index contributed by atoms with van der Waals surface area (Å²) < 4.78 is 0. The van der Waals surface area contributed by atoms with Crippen molar-refractivity contribution >= 4 is 11.6 Å². The topological polar surface area (TPSA) is 52.6 Å². The Labute approximate surface area is 132 Å². The number of rotatable bonds is 6. The maximum Gasteiger partial charge on any atom is 0.223 e. The van der Waals surface area contributed by atoms with E-state index in [1.807, 2.05) is 31.2 Å². The molecule has 0 spiro atoms. The SMILES string of the molecule is C=C(NC(C)CO)c1cccc(C#CCCC(=O)N(C)C)c1. The van der Waals surface area contributed by atoms with Gasteiger partial charge in [-0.05, 0) is 24.6 Å². The Morgan fingerprint density at radius 2 is 2.18 bits per heavy atom. The molecule has 0 heterocycles. The lowest BCUT2D eigenvalue weighted by Gasteiger charge is -2.15. The average molecular weight is 300 g/mol. The van der Waals surface area contributed by atoms with Gasteiger partial charge in [0.25, 0.3) is 0 Å². The summed E-state index contributed by atoms with van der Waals surface area (Å²) in [6, 6.07) is 7.69. The van der Waals surface area contributed by atoms with Crippen molar-refractivity contribution < 1.29 is 9.90 Å². The number of nitrogens with zero attached hydrogens (tertiary/aromatic N) is 1. The van der Waals surface area contributed by atoms with E-state index in [9.17, 15) is 4.79 Å². The normalized spacial score (nSPS) is 11.1. The zero-order valence-electron chi connectivity index (χ0n) is 13.5. The molecule has 1 aromatic rings. The highest BCUT2D eigenvalue weighted by Gasteiger charge is 2.04. The molecule has 0 aliphatic heterocycles. The molecule has 4 nitrogen and oxygen atoms in total. The number of carbonyl (C=O) groups is 1. The van der Waals surface area contributed by atoms with Crippen LogP contribution in [0, 0.1) is 11.8 Å². The highest BCUT2D eigenvalue weighted by molar-refractivity contribution is 5.75. The van der Waals surface area contributed by atoms with Crippen molar-refractivity contribution in [3.8, 4) is 11.8 Å². The van der Waals surface area contributed by atoms with Gasteiger partial charge in [0, 0.05) is 44.2 Å². The van der Waals surface area contributed by atoms with Gasteiger partial charge in [-0.25, -0.2) is 0 Å². The van der Waals surface area contributed by atoms with Crippen LogP contribution >= 0.6 is 0 Å². The van der Waals surface area contributed by atoms with E-state index in [2.05, 4.69) is 23.7 Å². The lowest BCUT2D eigenvalue weighted by molar-refractivity contribution is -0.128. The minimum Gasteiger partial charge on any atom is -0.394 e. The number of benzene rings is 1. The molecule has 0 saturated heterocycles. The summed E-state index contributed by atoms with van der Waals surface area (Å²) in [5.41, 5.74) is 2.58. The van der Waals surface area contributed by atoms with Crippen LogP contribution in [-0.4, -0.2) is 42.7 Å². The molecule has 22 heavy (non-hydrogen) atoms. The van der Waals surface area contributed by atoms with Crippen LogP contribution < -0.4 is 5.32 Å². The second-order valence-electron chi connectivity index (χ2n) is 5.38. The first kappa shape index (κ1) is 17.8. The number of hydrogen-bond donors (Lipinski definition) is 2. The fourth-order valence-electron chi connectivity index (χ4n) is 1.77. The Bertz CT molecular complexity index is 582. The van der Waals surface area contributed by atoms with E-state index >= 15 is 0 Å². The average Bonchev–Trinajstić information content (AvgIpc) is 2.51. The van der Waals surface area contributed by atoms with Crippen molar-refractivity contribution in [3.63, 3.8) is 0 Å². The number of carbonyl (C=O) groups excluding carboxylic acids is 1. The summed E-state index contributed by atoms with van der Waals surface area (Å²) in [5, 5.41) is 12.2. The molecule has 0 saturated carbocycles. The minimum atomic E-state index is -0.0423. The third-order valence-electron chi connectivity index (χ3n) is 3.10. The quantitative estimate of drug-likeness (QED) is 0.788. The summed E-state index contributed by atoms with van der Waals surface area (Å²) >= 11 is 0. The zero-order chi connectivity index (χ0) is 16.5. The van der Waals surface area contributed by atoms with Gasteiger partial charge in [-0.3, -0.25) is 4.79 Å². The Kier molecular flexibility index (Phi) is 7.21. The lowest BCUT2D eigenvalue weighted by atomic mass is 10.1. The van der Waals surface area contributed by atoms with Crippen LogP contribution in [0.3, 0.4) is 0 Å². The maximum absolute atomic E-state index is 11.4. The molecule has 0 radical (unpaired) electrons. The van der Waals surface area contributed by atoms with E-state index in [-0.39, 0.29) is 18.6 Å². The Morgan fingerprint density at radius 1 is 1.45 bits per heavy atom. The van der Waals surface area contributed by atoms with E-state index < -0.39 is 0 Å². The largest absolute Gasteiger partial charge is 0.394 e. The maximum atomic E-state index is 11.4. The van der Waals surface area contributed by atoms with Crippen LogP contribution in [0.1, 0.15) is 30.9 Å². The molecule has 1 rings (SSSR count). The van der Waals surface area contributed by atoms with Crippen molar-refractivity contribution in [2.45, 2.75) is 25.8 Å². The van der Waals surface area contributed by atoms with E-state index in [4.69, 9.17) is 5.11 Å². The van der Waals surface area contributed by atoms with Gasteiger partial charge in [-0.15, -0.1) is 0 Å². The molecule has 1 unspecified atom stereocenters. The van der Waals surface area contributed by atoms with Crippen LogP contribution in [0.2, 0.25) is 0 Å². The number of aliphatic hydroxyl groups is 1. The first-order valence-corrected chi connectivity index (χ1v) is 7.29. The van der Waals surface area contributed by atoms with Gasteiger partial charge >= 0.3 is 0 Å². The van der Waals surface area contributed by atoms with Crippen molar-refractivity contribution in [1.82, 2.24) is 10.2 Å². The highest BCUT2D eigenvalue weighted by atomic mass is 16.3. The summed E-state index contributed by atoms with van der Waals surface area (Å²) in [7, 11) is 3.48. The molecular weight excluding hydrogens is 276 g/mol. The lowest BCUT2D eigenvalue weighted by Crippen LogP contribution is -2.27.